The van der Waals surface area contributed by atoms with Gasteiger partial charge in [-0.15, -0.1) is 0 Å². The van der Waals surface area contributed by atoms with Gasteiger partial charge in [-0.1, -0.05) is 32.3 Å². The Morgan fingerprint density at radius 3 is 2.38 bits per heavy atom. The zero-order valence-electron chi connectivity index (χ0n) is 12.7. The van der Waals surface area contributed by atoms with E-state index in [2.05, 4.69) is 36.7 Å². The summed E-state index contributed by atoms with van der Waals surface area (Å²) in [6.45, 7) is 5.01. The van der Waals surface area contributed by atoms with Crippen molar-refractivity contribution in [3.8, 4) is 17.6 Å². The minimum Gasteiger partial charge on any atom is -0.494 e. The fourth-order valence-corrected chi connectivity index (χ4v) is 1.93. The van der Waals surface area contributed by atoms with Gasteiger partial charge >= 0.3 is 0 Å². The van der Waals surface area contributed by atoms with E-state index in [1.807, 2.05) is 36.5 Å². The van der Waals surface area contributed by atoms with Gasteiger partial charge in [0.05, 0.1) is 6.61 Å². The molecule has 0 spiro atoms. The molecule has 2 rings (SSSR count). The maximum absolute atomic E-state index is 5.55. The van der Waals surface area contributed by atoms with E-state index in [1.54, 1.807) is 0 Å². The monoisotopic (exact) mass is 279 g/mol. The highest BCUT2D eigenvalue weighted by Gasteiger charge is 1.94. The molecule has 2 aromatic rings. The zero-order chi connectivity index (χ0) is 14.9. The standard InChI is InChI=1S/C19H21NO/c1-3-5-17-7-11-18(20-15-17)10-6-16-8-12-19(13-9-16)21-14-4-2/h7-9,11-13,15H,3-5,14H2,1-2H3. The molecule has 0 aliphatic heterocycles. The van der Waals surface area contributed by atoms with Gasteiger partial charge in [-0.3, -0.25) is 0 Å². The largest absolute Gasteiger partial charge is 0.494 e. The van der Waals surface area contributed by atoms with Crippen LogP contribution >= 0.6 is 0 Å². The van der Waals surface area contributed by atoms with Crippen LogP contribution in [0.5, 0.6) is 5.75 Å². The minimum absolute atomic E-state index is 0.749. The molecule has 108 valence electrons. The number of aryl methyl sites for hydroxylation is 1. The van der Waals surface area contributed by atoms with E-state index >= 15 is 0 Å². The molecule has 1 heterocycles. The predicted octanol–water partition coefficient (Wildman–Crippen LogP) is 4.22. The Morgan fingerprint density at radius 2 is 1.76 bits per heavy atom. The van der Waals surface area contributed by atoms with E-state index in [0.29, 0.717) is 0 Å². The summed E-state index contributed by atoms with van der Waals surface area (Å²) < 4.78 is 5.55. The molecule has 0 amide bonds. The van der Waals surface area contributed by atoms with Gasteiger partial charge in [0.25, 0.3) is 0 Å². The molecule has 0 aliphatic rings. The second-order valence-electron chi connectivity index (χ2n) is 4.92. The Morgan fingerprint density at radius 1 is 0.952 bits per heavy atom. The summed E-state index contributed by atoms with van der Waals surface area (Å²) in [4.78, 5) is 4.37. The third kappa shape index (κ3) is 4.96. The van der Waals surface area contributed by atoms with Crippen LogP contribution in [0, 0.1) is 11.8 Å². The normalized spacial score (nSPS) is 9.81. The lowest BCUT2D eigenvalue weighted by Crippen LogP contribution is -1.94. The number of aromatic nitrogens is 1. The van der Waals surface area contributed by atoms with E-state index < -0.39 is 0 Å². The first-order valence-electron chi connectivity index (χ1n) is 7.51. The van der Waals surface area contributed by atoms with Gasteiger partial charge in [0.15, 0.2) is 0 Å². The average molecular weight is 279 g/mol. The highest BCUT2D eigenvalue weighted by molar-refractivity contribution is 5.42. The minimum atomic E-state index is 0.749. The van der Waals surface area contributed by atoms with E-state index in [-0.39, 0.29) is 0 Å². The Hall–Kier alpha value is -2.27. The fraction of sp³-hybridized carbons (Fsp3) is 0.316. The topological polar surface area (TPSA) is 22.1 Å². The molecule has 0 atom stereocenters. The quantitative estimate of drug-likeness (QED) is 0.764. The molecule has 0 aliphatic carbocycles. The van der Waals surface area contributed by atoms with Gasteiger partial charge < -0.3 is 4.74 Å². The number of nitrogens with zero attached hydrogens (tertiary/aromatic N) is 1. The van der Waals surface area contributed by atoms with E-state index in [9.17, 15) is 0 Å². The maximum Gasteiger partial charge on any atom is 0.119 e. The van der Waals surface area contributed by atoms with Crippen molar-refractivity contribution in [2.24, 2.45) is 0 Å². The van der Waals surface area contributed by atoms with Crippen molar-refractivity contribution in [2.75, 3.05) is 6.61 Å². The molecule has 2 heteroatoms. The smallest absolute Gasteiger partial charge is 0.119 e. The fourth-order valence-electron chi connectivity index (χ4n) is 1.93. The molecule has 1 aromatic heterocycles. The van der Waals surface area contributed by atoms with Gasteiger partial charge in [0.1, 0.15) is 11.4 Å². The van der Waals surface area contributed by atoms with Crippen molar-refractivity contribution in [1.82, 2.24) is 4.98 Å². The number of hydrogen-bond acceptors (Lipinski definition) is 2. The molecule has 0 radical (unpaired) electrons. The zero-order valence-corrected chi connectivity index (χ0v) is 12.7. The van der Waals surface area contributed by atoms with Crippen molar-refractivity contribution in [1.29, 1.82) is 0 Å². The van der Waals surface area contributed by atoms with Crippen molar-refractivity contribution >= 4 is 0 Å². The Labute approximate surface area is 127 Å². The Kier molecular flexibility index (Phi) is 5.84. The molecule has 0 unspecified atom stereocenters. The van der Waals surface area contributed by atoms with Crippen molar-refractivity contribution < 1.29 is 4.74 Å². The molecular formula is C19H21NO. The molecule has 0 fully saturated rings. The van der Waals surface area contributed by atoms with Crippen LogP contribution in [0.2, 0.25) is 0 Å². The van der Waals surface area contributed by atoms with Gasteiger partial charge in [0.2, 0.25) is 0 Å². The first-order valence-corrected chi connectivity index (χ1v) is 7.51. The molecule has 0 saturated heterocycles. The average Bonchev–Trinajstić information content (AvgIpc) is 2.53. The lowest BCUT2D eigenvalue weighted by molar-refractivity contribution is 0.317. The summed E-state index contributed by atoms with van der Waals surface area (Å²) in [5.41, 5.74) is 3.04. The molecule has 21 heavy (non-hydrogen) atoms. The first-order chi connectivity index (χ1) is 10.3. The second kappa shape index (κ2) is 8.11. The summed E-state index contributed by atoms with van der Waals surface area (Å²) in [6.07, 6.45) is 5.13. The summed E-state index contributed by atoms with van der Waals surface area (Å²) in [7, 11) is 0. The summed E-state index contributed by atoms with van der Waals surface area (Å²) in [5, 5.41) is 0. The van der Waals surface area contributed by atoms with Gasteiger partial charge in [-0.25, -0.2) is 4.98 Å². The number of pyridine rings is 1. The van der Waals surface area contributed by atoms with Crippen molar-refractivity contribution in [3.05, 3.63) is 59.4 Å². The molecule has 0 N–H and O–H groups in total. The number of ether oxygens (including phenoxy) is 1. The van der Waals surface area contributed by atoms with E-state index in [0.717, 1.165) is 42.9 Å². The maximum atomic E-state index is 5.55. The number of hydrogen-bond donors (Lipinski definition) is 0. The van der Waals surface area contributed by atoms with Crippen LogP contribution in [0.3, 0.4) is 0 Å². The molecule has 1 aromatic carbocycles. The SMILES string of the molecule is CCCOc1ccc(C#Cc2ccc(CCC)cn2)cc1. The molecule has 2 nitrogen and oxygen atoms in total. The van der Waals surface area contributed by atoms with Crippen LogP contribution in [-0.2, 0) is 6.42 Å². The lowest BCUT2D eigenvalue weighted by atomic mass is 10.1. The summed E-state index contributed by atoms with van der Waals surface area (Å²) in [5.74, 6) is 7.11. The van der Waals surface area contributed by atoms with Gasteiger partial charge in [-0.05, 0) is 54.7 Å². The summed E-state index contributed by atoms with van der Waals surface area (Å²) in [6, 6.07) is 11.9. The van der Waals surface area contributed by atoms with Crippen molar-refractivity contribution in [3.63, 3.8) is 0 Å². The summed E-state index contributed by atoms with van der Waals surface area (Å²) >= 11 is 0. The van der Waals surface area contributed by atoms with Crippen LogP contribution in [-0.4, -0.2) is 11.6 Å². The molecular weight excluding hydrogens is 258 g/mol. The number of benzene rings is 1. The van der Waals surface area contributed by atoms with Crippen LogP contribution in [0.1, 0.15) is 43.5 Å². The van der Waals surface area contributed by atoms with Crippen LogP contribution in [0.25, 0.3) is 0 Å². The second-order valence-corrected chi connectivity index (χ2v) is 4.92. The highest BCUT2D eigenvalue weighted by atomic mass is 16.5. The van der Waals surface area contributed by atoms with Crippen LogP contribution < -0.4 is 4.74 Å². The van der Waals surface area contributed by atoms with Crippen molar-refractivity contribution in [2.45, 2.75) is 33.1 Å². The van der Waals surface area contributed by atoms with Crippen LogP contribution in [0.4, 0.5) is 0 Å². The van der Waals surface area contributed by atoms with Gasteiger partial charge in [0, 0.05) is 11.8 Å². The lowest BCUT2D eigenvalue weighted by Gasteiger charge is -2.03. The molecule has 0 saturated carbocycles. The van der Waals surface area contributed by atoms with E-state index in [4.69, 9.17) is 4.74 Å². The Bertz CT molecular complexity index is 603. The predicted molar refractivity (Wildman–Crippen MR) is 86.4 cm³/mol. The molecule has 0 bridgehead atoms. The van der Waals surface area contributed by atoms with E-state index in [1.165, 1.54) is 5.56 Å². The first kappa shape index (κ1) is 15.1. The van der Waals surface area contributed by atoms with Gasteiger partial charge in [-0.2, -0.15) is 0 Å². The number of rotatable bonds is 5. The Balaban J connectivity index is 2.01. The third-order valence-corrected chi connectivity index (χ3v) is 3.03. The third-order valence-electron chi connectivity index (χ3n) is 3.03. The van der Waals surface area contributed by atoms with Crippen LogP contribution in [0.15, 0.2) is 42.6 Å². The highest BCUT2D eigenvalue weighted by Crippen LogP contribution is 2.12.